The van der Waals surface area contributed by atoms with Gasteiger partial charge in [-0.1, -0.05) is 46.3 Å². The molecule has 0 radical (unpaired) electrons. The Balaban J connectivity index is 2.18. The van der Waals surface area contributed by atoms with E-state index in [0.717, 1.165) is 6.08 Å². The maximum atomic E-state index is 13.7. The minimum atomic E-state index is -1.05. The van der Waals surface area contributed by atoms with Gasteiger partial charge in [0.2, 0.25) is 6.10 Å². The van der Waals surface area contributed by atoms with Gasteiger partial charge in [0.1, 0.15) is 5.82 Å². The lowest BCUT2D eigenvalue weighted by Crippen LogP contribution is -2.30. The summed E-state index contributed by atoms with van der Waals surface area (Å²) in [5.41, 5.74) is 0.804. The van der Waals surface area contributed by atoms with E-state index >= 15 is 0 Å². The second-order valence-corrected chi connectivity index (χ2v) is 6.38. The first-order valence-corrected chi connectivity index (χ1v) is 8.27. The van der Waals surface area contributed by atoms with Crippen molar-refractivity contribution in [2.75, 3.05) is 14.1 Å². The lowest BCUT2D eigenvalue weighted by Gasteiger charge is -2.20. The standard InChI is InChI=1S/C19H17BrFNO3/c1-22(2)19(24)18(13-6-4-3-5-7-13)25-17(23)11-8-14-12-15(20)9-10-16(14)21/h3-12,18H,1-2H3/b11-8+/t18-/m0/s1. The summed E-state index contributed by atoms with van der Waals surface area (Å²) in [6.07, 6.45) is 1.36. The van der Waals surface area contributed by atoms with E-state index in [0.29, 0.717) is 10.0 Å². The van der Waals surface area contributed by atoms with Crippen LogP contribution in [0.2, 0.25) is 0 Å². The fourth-order valence-corrected chi connectivity index (χ4v) is 2.46. The topological polar surface area (TPSA) is 46.6 Å². The number of nitrogens with zero attached hydrogens (tertiary/aromatic N) is 1. The Hall–Kier alpha value is -2.47. The molecule has 2 aromatic rings. The number of esters is 1. The number of likely N-dealkylation sites (N-methyl/N-ethyl adjacent to an activating group) is 1. The van der Waals surface area contributed by atoms with Crippen LogP contribution in [0.3, 0.4) is 0 Å². The molecule has 0 aliphatic rings. The molecule has 0 aliphatic carbocycles. The van der Waals surface area contributed by atoms with Gasteiger partial charge in [-0.25, -0.2) is 9.18 Å². The van der Waals surface area contributed by atoms with Gasteiger partial charge in [0.25, 0.3) is 5.91 Å². The number of hydrogen-bond donors (Lipinski definition) is 0. The molecule has 0 saturated carbocycles. The van der Waals surface area contributed by atoms with Crippen molar-refractivity contribution in [2.24, 2.45) is 0 Å². The van der Waals surface area contributed by atoms with Crippen LogP contribution < -0.4 is 0 Å². The number of halogens is 2. The molecule has 0 bridgehead atoms. The number of carbonyl (C=O) groups is 2. The van der Waals surface area contributed by atoms with Gasteiger partial charge in [0.15, 0.2) is 0 Å². The predicted molar refractivity (Wildman–Crippen MR) is 97.1 cm³/mol. The van der Waals surface area contributed by atoms with E-state index in [2.05, 4.69) is 15.9 Å². The van der Waals surface area contributed by atoms with Crippen molar-refractivity contribution in [2.45, 2.75) is 6.10 Å². The van der Waals surface area contributed by atoms with E-state index in [1.165, 1.54) is 17.0 Å². The van der Waals surface area contributed by atoms with Crippen LogP contribution in [-0.2, 0) is 14.3 Å². The smallest absolute Gasteiger partial charge is 0.331 e. The molecule has 2 aromatic carbocycles. The summed E-state index contributed by atoms with van der Waals surface area (Å²) >= 11 is 3.24. The highest BCUT2D eigenvalue weighted by atomic mass is 79.9. The van der Waals surface area contributed by atoms with Gasteiger partial charge in [-0.15, -0.1) is 0 Å². The van der Waals surface area contributed by atoms with Crippen molar-refractivity contribution < 1.29 is 18.7 Å². The maximum absolute atomic E-state index is 13.7. The van der Waals surface area contributed by atoms with E-state index in [1.54, 1.807) is 56.6 Å². The molecular weight excluding hydrogens is 389 g/mol. The summed E-state index contributed by atoms with van der Waals surface area (Å²) < 4.78 is 19.7. The van der Waals surface area contributed by atoms with Crippen LogP contribution >= 0.6 is 15.9 Å². The molecule has 0 aliphatic heterocycles. The number of amides is 1. The molecule has 0 aromatic heterocycles. The Morgan fingerprint density at radius 2 is 1.84 bits per heavy atom. The van der Waals surface area contributed by atoms with Crippen LogP contribution in [0.4, 0.5) is 4.39 Å². The monoisotopic (exact) mass is 405 g/mol. The summed E-state index contributed by atoms with van der Waals surface area (Å²) in [5, 5.41) is 0. The first-order valence-electron chi connectivity index (χ1n) is 7.48. The van der Waals surface area contributed by atoms with E-state index in [-0.39, 0.29) is 11.5 Å². The molecule has 130 valence electrons. The highest BCUT2D eigenvalue weighted by Crippen LogP contribution is 2.21. The Bertz CT molecular complexity index is 791. The number of hydrogen-bond acceptors (Lipinski definition) is 3. The SMILES string of the molecule is CN(C)C(=O)[C@@H](OC(=O)/C=C/c1cc(Br)ccc1F)c1ccccc1. The normalized spacial score (nSPS) is 12.0. The Morgan fingerprint density at radius 3 is 2.48 bits per heavy atom. The summed E-state index contributed by atoms with van der Waals surface area (Å²) in [6.45, 7) is 0. The third-order valence-electron chi connectivity index (χ3n) is 3.36. The van der Waals surface area contributed by atoms with Crippen LogP contribution in [-0.4, -0.2) is 30.9 Å². The molecule has 25 heavy (non-hydrogen) atoms. The van der Waals surface area contributed by atoms with Gasteiger partial charge in [-0.3, -0.25) is 4.79 Å². The number of rotatable bonds is 5. The summed E-state index contributed by atoms with van der Waals surface area (Å²) in [7, 11) is 3.16. The molecule has 6 heteroatoms. The zero-order valence-electron chi connectivity index (χ0n) is 13.8. The highest BCUT2D eigenvalue weighted by molar-refractivity contribution is 9.10. The predicted octanol–water partition coefficient (Wildman–Crippen LogP) is 3.97. The van der Waals surface area contributed by atoms with E-state index in [9.17, 15) is 14.0 Å². The number of carbonyl (C=O) groups excluding carboxylic acids is 2. The fraction of sp³-hybridized carbons (Fsp3) is 0.158. The Kier molecular flexibility index (Phi) is 6.47. The van der Waals surface area contributed by atoms with Gasteiger partial charge < -0.3 is 9.64 Å². The first-order chi connectivity index (χ1) is 11.9. The molecule has 0 unspecified atom stereocenters. The van der Waals surface area contributed by atoms with Crippen molar-refractivity contribution in [3.05, 3.63) is 76.0 Å². The second-order valence-electron chi connectivity index (χ2n) is 5.46. The van der Waals surface area contributed by atoms with Gasteiger partial charge in [0.05, 0.1) is 0 Å². The van der Waals surface area contributed by atoms with Crippen molar-refractivity contribution in [3.63, 3.8) is 0 Å². The zero-order chi connectivity index (χ0) is 18.4. The quantitative estimate of drug-likeness (QED) is 0.558. The average molecular weight is 406 g/mol. The lowest BCUT2D eigenvalue weighted by molar-refractivity contribution is -0.155. The zero-order valence-corrected chi connectivity index (χ0v) is 15.4. The molecule has 0 heterocycles. The van der Waals surface area contributed by atoms with Crippen LogP contribution in [0.1, 0.15) is 17.2 Å². The minimum Gasteiger partial charge on any atom is -0.444 e. The molecule has 1 amide bonds. The van der Waals surface area contributed by atoms with Crippen LogP contribution in [0.25, 0.3) is 6.08 Å². The van der Waals surface area contributed by atoms with E-state index in [4.69, 9.17) is 4.74 Å². The van der Waals surface area contributed by atoms with Crippen LogP contribution in [0.15, 0.2) is 59.1 Å². The van der Waals surface area contributed by atoms with Gasteiger partial charge in [-0.05, 0) is 24.3 Å². The van der Waals surface area contributed by atoms with Crippen molar-refractivity contribution in [1.82, 2.24) is 4.90 Å². The Morgan fingerprint density at radius 1 is 1.16 bits per heavy atom. The summed E-state index contributed by atoms with van der Waals surface area (Å²) in [4.78, 5) is 25.8. The third-order valence-corrected chi connectivity index (χ3v) is 3.85. The minimum absolute atomic E-state index is 0.238. The van der Waals surface area contributed by atoms with E-state index in [1.807, 2.05) is 0 Å². The second kappa shape index (κ2) is 8.58. The number of benzene rings is 2. The van der Waals surface area contributed by atoms with Gasteiger partial charge in [-0.2, -0.15) is 0 Å². The van der Waals surface area contributed by atoms with Crippen LogP contribution in [0.5, 0.6) is 0 Å². The molecule has 0 saturated heterocycles. The fourth-order valence-electron chi connectivity index (χ4n) is 2.08. The van der Waals surface area contributed by atoms with Crippen molar-refractivity contribution in [1.29, 1.82) is 0 Å². The molecule has 1 atom stereocenters. The average Bonchev–Trinajstić information content (AvgIpc) is 2.60. The van der Waals surface area contributed by atoms with Gasteiger partial charge in [0, 0.05) is 35.8 Å². The van der Waals surface area contributed by atoms with Crippen molar-refractivity contribution >= 4 is 33.9 Å². The summed E-state index contributed by atoms with van der Waals surface area (Å²) in [6, 6.07) is 13.1. The summed E-state index contributed by atoms with van der Waals surface area (Å²) in [5.74, 6) is -1.55. The largest absolute Gasteiger partial charge is 0.444 e. The Labute approximate surface area is 154 Å². The third kappa shape index (κ3) is 5.26. The molecular formula is C19H17BrFNO3. The van der Waals surface area contributed by atoms with E-state index < -0.39 is 17.9 Å². The maximum Gasteiger partial charge on any atom is 0.331 e. The molecule has 0 N–H and O–H groups in total. The van der Waals surface area contributed by atoms with Crippen molar-refractivity contribution in [3.8, 4) is 0 Å². The first kappa shape index (κ1) is 18.9. The lowest BCUT2D eigenvalue weighted by atomic mass is 10.1. The molecule has 4 nitrogen and oxygen atoms in total. The highest BCUT2D eigenvalue weighted by Gasteiger charge is 2.25. The van der Waals surface area contributed by atoms with Crippen LogP contribution in [0, 0.1) is 5.82 Å². The molecule has 0 spiro atoms. The number of ether oxygens (including phenoxy) is 1. The van der Waals surface area contributed by atoms with Gasteiger partial charge >= 0.3 is 5.97 Å². The molecule has 0 fully saturated rings. The molecule has 2 rings (SSSR count).